The molecule has 1 aromatic carbocycles. The fraction of sp³-hybridized carbons (Fsp3) is 0.357. The quantitative estimate of drug-likeness (QED) is 0.627. The molecule has 2 rings (SSSR count). The molecule has 1 aromatic heterocycles. The summed E-state index contributed by atoms with van der Waals surface area (Å²) < 4.78 is 1.88. The lowest BCUT2D eigenvalue weighted by atomic mass is 9.97. The van der Waals surface area contributed by atoms with Gasteiger partial charge in [-0.25, -0.2) is 4.68 Å². The number of hydrogen-bond acceptors (Lipinski definition) is 3. The number of nitrogens with zero attached hydrogens (tertiary/aromatic N) is 2. The zero-order chi connectivity index (χ0) is 13.0. The normalized spacial score (nSPS) is 14.4. The summed E-state index contributed by atoms with van der Waals surface area (Å²) in [7, 11) is 0. The maximum Gasteiger partial charge on any atom is 0.0814 e. The monoisotopic (exact) mass is 244 g/mol. The fourth-order valence-corrected chi connectivity index (χ4v) is 2.01. The van der Waals surface area contributed by atoms with Crippen LogP contribution in [0.25, 0.3) is 5.69 Å². The zero-order valence-corrected chi connectivity index (χ0v) is 10.9. The largest absolute Gasteiger partial charge is 0.271 e. The Morgan fingerprint density at radius 3 is 2.61 bits per heavy atom. The lowest BCUT2D eigenvalue weighted by Crippen LogP contribution is -2.32. The first-order valence-electron chi connectivity index (χ1n) is 6.33. The number of para-hydroxylation sites is 1. The van der Waals surface area contributed by atoms with Gasteiger partial charge < -0.3 is 0 Å². The van der Waals surface area contributed by atoms with Crippen molar-refractivity contribution in [3.63, 3.8) is 0 Å². The van der Waals surface area contributed by atoms with Gasteiger partial charge in [-0.05, 0) is 24.1 Å². The first kappa shape index (κ1) is 12.8. The van der Waals surface area contributed by atoms with Crippen molar-refractivity contribution in [3.05, 3.63) is 48.3 Å². The molecule has 0 aliphatic carbocycles. The van der Waals surface area contributed by atoms with E-state index in [1.807, 2.05) is 47.3 Å². The van der Waals surface area contributed by atoms with E-state index in [9.17, 15) is 0 Å². The van der Waals surface area contributed by atoms with E-state index in [1.165, 1.54) is 0 Å². The molecule has 0 aliphatic heterocycles. The van der Waals surface area contributed by atoms with Crippen molar-refractivity contribution in [2.24, 2.45) is 11.8 Å². The first-order valence-corrected chi connectivity index (χ1v) is 6.33. The van der Waals surface area contributed by atoms with Crippen molar-refractivity contribution < 1.29 is 0 Å². The number of hydrogen-bond donors (Lipinski definition) is 2. The number of aromatic nitrogens is 2. The second-order valence-corrected chi connectivity index (χ2v) is 4.55. The molecule has 0 radical (unpaired) electrons. The van der Waals surface area contributed by atoms with E-state index in [0.29, 0.717) is 5.92 Å². The summed E-state index contributed by atoms with van der Waals surface area (Å²) in [6.45, 7) is 4.33. The van der Waals surface area contributed by atoms with Crippen LogP contribution in [-0.4, -0.2) is 9.78 Å². The minimum Gasteiger partial charge on any atom is -0.271 e. The van der Waals surface area contributed by atoms with Crippen molar-refractivity contribution in [3.8, 4) is 5.69 Å². The third-order valence-corrected chi connectivity index (χ3v) is 3.34. The standard InChI is InChI=1S/C14H20N4/c1-3-11(2)14(16-15)13-9-10-18(17-13)12-7-5-4-6-8-12/h4-11,14,16H,3,15H2,1-2H3. The van der Waals surface area contributed by atoms with Crippen molar-refractivity contribution in [2.45, 2.75) is 26.3 Å². The highest BCUT2D eigenvalue weighted by molar-refractivity contribution is 5.30. The third-order valence-electron chi connectivity index (χ3n) is 3.34. The van der Waals surface area contributed by atoms with Crippen molar-refractivity contribution >= 4 is 0 Å². The van der Waals surface area contributed by atoms with Gasteiger partial charge in [-0.15, -0.1) is 0 Å². The highest BCUT2D eigenvalue weighted by atomic mass is 15.3. The molecular formula is C14H20N4. The van der Waals surface area contributed by atoms with Gasteiger partial charge in [0.1, 0.15) is 0 Å². The lowest BCUT2D eigenvalue weighted by molar-refractivity contribution is 0.374. The number of hydrazine groups is 1. The van der Waals surface area contributed by atoms with Crippen LogP contribution < -0.4 is 11.3 Å². The highest BCUT2D eigenvalue weighted by Gasteiger charge is 2.19. The molecule has 2 unspecified atom stereocenters. The molecule has 4 heteroatoms. The molecule has 0 saturated carbocycles. The summed E-state index contributed by atoms with van der Waals surface area (Å²) in [6.07, 6.45) is 3.03. The first-order chi connectivity index (χ1) is 8.76. The Kier molecular flexibility index (Phi) is 4.12. The summed E-state index contributed by atoms with van der Waals surface area (Å²) in [5.41, 5.74) is 4.90. The maximum atomic E-state index is 5.63. The molecule has 0 amide bonds. The number of rotatable bonds is 5. The van der Waals surface area contributed by atoms with E-state index >= 15 is 0 Å². The van der Waals surface area contributed by atoms with Crippen LogP contribution in [0.3, 0.4) is 0 Å². The summed E-state index contributed by atoms with van der Waals surface area (Å²) in [5, 5.41) is 4.59. The van der Waals surface area contributed by atoms with E-state index in [0.717, 1.165) is 17.8 Å². The summed E-state index contributed by atoms with van der Waals surface area (Å²) >= 11 is 0. The van der Waals surface area contributed by atoms with Gasteiger partial charge in [-0.2, -0.15) is 5.10 Å². The van der Waals surface area contributed by atoms with Crippen molar-refractivity contribution in [2.75, 3.05) is 0 Å². The molecule has 96 valence electrons. The Morgan fingerprint density at radius 1 is 1.28 bits per heavy atom. The van der Waals surface area contributed by atoms with Crippen molar-refractivity contribution in [1.82, 2.24) is 15.2 Å². The molecule has 0 fully saturated rings. The van der Waals surface area contributed by atoms with E-state index in [4.69, 9.17) is 5.84 Å². The SMILES string of the molecule is CCC(C)C(NN)c1ccn(-c2ccccc2)n1. The second kappa shape index (κ2) is 5.80. The van der Waals surface area contributed by atoms with Crippen LogP contribution in [0.4, 0.5) is 0 Å². The predicted octanol–water partition coefficient (Wildman–Crippen LogP) is 2.42. The average molecular weight is 244 g/mol. The van der Waals surface area contributed by atoms with Gasteiger partial charge in [0, 0.05) is 6.20 Å². The Balaban J connectivity index is 2.25. The average Bonchev–Trinajstić information content (AvgIpc) is 2.90. The van der Waals surface area contributed by atoms with E-state index in [1.54, 1.807) is 0 Å². The molecule has 0 bridgehead atoms. The lowest BCUT2D eigenvalue weighted by Gasteiger charge is -2.19. The molecule has 2 aromatic rings. The van der Waals surface area contributed by atoms with Gasteiger partial charge in [-0.1, -0.05) is 38.5 Å². The van der Waals surface area contributed by atoms with Crippen LogP contribution in [0.15, 0.2) is 42.6 Å². The Hall–Kier alpha value is -1.65. The summed E-state index contributed by atoms with van der Waals surface area (Å²) in [6, 6.07) is 12.2. The molecule has 4 nitrogen and oxygen atoms in total. The third kappa shape index (κ3) is 2.60. The highest BCUT2D eigenvalue weighted by Crippen LogP contribution is 2.22. The fourth-order valence-electron chi connectivity index (χ4n) is 2.01. The topological polar surface area (TPSA) is 55.9 Å². The van der Waals surface area contributed by atoms with Crippen LogP contribution >= 0.6 is 0 Å². The van der Waals surface area contributed by atoms with Gasteiger partial charge in [0.05, 0.1) is 17.4 Å². The minimum atomic E-state index is 0.0972. The predicted molar refractivity (Wildman–Crippen MR) is 73.1 cm³/mol. The molecule has 3 N–H and O–H groups in total. The van der Waals surface area contributed by atoms with Crippen LogP contribution in [0.2, 0.25) is 0 Å². The van der Waals surface area contributed by atoms with E-state index in [2.05, 4.69) is 24.4 Å². The molecule has 1 heterocycles. The van der Waals surface area contributed by atoms with E-state index in [-0.39, 0.29) is 6.04 Å². The molecule has 0 spiro atoms. The van der Waals surface area contributed by atoms with E-state index < -0.39 is 0 Å². The summed E-state index contributed by atoms with van der Waals surface area (Å²) in [4.78, 5) is 0. The smallest absolute Gasteiger partial charge is 0.0814 e. The Morgan fingerprint density at radius 2 is 2.00 bits per heavy atom. The van der Waals surface area contributed by atoms with Crippen LogP contribution in [0, 0.1) is 5.92 Å². The molecular weight excluding hydrogens is 224 g/mol. The van der Waals surface area contributed by atoms with Crippen LogP contribution in [-0.2, 0) is 0 Å². The molecule has 0 saturated heterocycles. The number of benzene rings is 1. The number of nitrogens with one attached hydrogen (secondary N) is 1. The zero-order valence-electron chi connectivity index (χ0n) is 10.9. The van der Waals surface area contributed by atoms with Gasteiger partial charge in [0.2, 0.25) is 0 Å². The van der Waals surface area contributed by atoms with Gasteiger partial charge in [0.15, 0.2) is 0 Å². The molecule has 18 heavy (non-hydrogen) atoms. The Labute approximate surface area is 108 Å². The Bertz CT molecular complexity index is 478. The minimum absolute atomic E-state index is 0.0972. The van der Waals surface area contributed by atoms with Gasteiger partial charge in [0.25, 0.3) is 0 Å². The van der Waals surface area contributed by atoms with Gasteiger partial charge in [-0.3, -0.25) is 11.3 Å². The summed E-state index contributed by atoms with van der Waals surface area (Å²) in [5.74, 6) is 6.08. The van der Waals surface area contributed by atoms with Crippen LogP contribution in [0.1, 0.15) is 32.0 Å². The number of nitrogens with two attached hydrogens (primary N) is 1. The molecule has 2 atom stereocenters. The van der Waals surface area contributed by atoms with Crippen molar-refractivity contribution in [1.29, 1.82) is 0 Å². The molecule has 0 aliphatic rings. The van der Waals surface area contributed by atoms with Gasteiger partial charge >= 0.3 is 0 Å². The second-order valence-electron chi connectivity index (χ2n) is 4.55. The van der Waals surface area contributed by atoms with Crippen LogP contribution in [0.5, 0.6) is 0 Å². The maximum absolute atomic E-state index is 5.63.